The summed E-state index contributed by atoms with van der Waals surface area (Å²) in [5.74, 6) is -1.69. The number of benzene rings is 1. The first kappa shape index (κ1) is 16.5. The number of aliphatic carboxylic acids is 1. The fourth-order valence-electron chi connectivity index (χ4n) is 4.56. The summed E-state index contributed by atoms with van der Waals surface area (Å²) in [5.41, 5.74) is 1.06. The number of nitrogens with zero attached hydrogens (tertiary/aromatic N) is 2. The second-order valence-electron chi connectivity index (χ2n) is 7.13. The van der Waals surface area contributed by atoms with Gasteiger partial charge in [-0.15, -0.1) is 0 Å². The van der Waals surface area contributed by atoms with Crippen molar-refractivity contribution in [2.45, 2.75) is 6.42 Å². The van der Waals surface area contributed by atoms with E-state index in [4.69, 9.17) is 11.6 Å². The Balaban J connectivity index is 1.43. The van der Waals surface area contributed by atoms with E-state index >= 15 is 0 Å². The molecular weight excluding hydrogens is 340 g/mol. The summed E-state index contributed by atoms with van der Waals surface area (Å²) in [6, 6.07) is 7.72. The topological polar surface area (TPSA) is 60.9 Å². The van der Waals surface area contributed by atoms with Crippen molar-refractivity contribution in [3.63, 3.8) is 0 Å². The van der Waals surface area contributed by atoms with Crippen LogP contribution >= 0.6 is 11.6 Å². The lowest BCUT2D eigenvalue weighted by Gasteiger charge is -2.38. The molecule has 2 aliphatic carbocycles. The number of carbonyl (C=O) groups excluding carboxylic acids is 1. The highest BCUT2D eigenvalue weighted by molar-refractivity contribution is 6.30. The molecule has 1 N–H and O–H groups in total. The van der Waals surface area contributed by atoms with Gasteiger partial charge in [0.05, 0.1) is 11.8 Å². The maximum absolute atomic E-state index is 13.0. The van der Waals surface area contributed by atoms with Gasteiger partial charge in [0.25, 0.3) is 0 Å². The first-order chi connectivity index (χ1) is 12.0. The van der Waals surface area contributed by atoms with E-state index in [1.165, 1.54) is 0 Å². The molecule has 4 atom stereocenters. The molecule has 0 aromatic heterocycles. The molecule has 0 unspecified atom stereocenters. The fourth-order valence-corrected chi connectivity index (χ4v) is 4.75. The number of piperazine rings is 1. The first-order valence-electron chi connectivity index (χ1n) is 8.75. The Hall–Kier alpha value is -2.01. The van der Waals surface area contributed by atoms with Gasteiger partial charge in [-0.2, -0.15) is 0 Å². The van der Waals surface area contributed by atoms with Gasteiger partial charge in [0.1, 0.15) is 0 Å². The van der Waals surface area contributed by atoms with Gasteiger partial charge in [-0.3, -0.25) is 9.59 Å². The number of amides is 1. The van der Waals surface area contributed by atoms with E-state index in [0.717, 1.165) is 25.2 Å². The zero-order chi connectivity index (χ0) is 17.6. The molecule has 1 aromatic carbocycles. The van der Waals surface area contributed by atoms with E-state index in [-0.39, 0.29) is 17.7 Å². The monoisotopic (exact) mass is 360 g/mol. The third-order valence-electron chi connectivity index (χ3n) is 5.79. The van der Waals surface area contributed by atoms with Crippen molar-refractivity contribution in [2.24, 2.45) is 23.7 Å². The van der Waals surface area contributed by atoms with Gasteiger partial charge in [-0.05, 0) is 36.5 Å². The van der Waals surface area contributed by atoms with Gasteiger partial charge in [-0.1, -0.05) is 29.8 Å². The van der Waals surface area contributed by atoms with Crippen LogP contribution in [0.15, 0.2) is 36.4 Å². The molecule has 4 rings (SSSR count). The maximum atomic E-state index is 13.0. The molecule has 1 heterocycles. The van der Waals surface area contributed by atoms with Crippen molar-refractivity contribution >= 4 is 29.2 Å². The Kier molecular flexibility index (Phi) is 4.20. The van der Waals surface area contributed by atoms with Crippen LogP contribution in [0.5, 0.6) is 0 Å². The minimum atomic E-state index is -0.840. The van der Waals surface area contributed by atoms with Crippen LogP contribution < -0.4 is 4.90 Å². The van der Waals surface area contributed by atoms with Crippen molar-refractivity contribution in [3.8, 4) is 0 Å². The SMILES string of the molecule is O=C(O)[C@@H]1[C@@H](C(=O)N2CCN(c3cccc(Cl)c3)CC2)[C@@H]2C=C[C@H]1C2. The number of halogens is 1. The van der Waals surface area contributed by atoms with Crippen LogP contribution in [0.4, 0.5) is 5.69 Å². The minimum absolute atomic E-state index is 0.00925. The number of hydrogen-bond acceptors (Lipinski definition) is 3. The second kappa shape index (κ2) is 6.37. The molecule has 3 aliphatic rings. The number of anilines is 1. The van der Waals surface area contributed by atoms with E-state index < -0.39 is 17.8 Å². The summed E-state index contributed by atoms with van der Waals surface area (Å²) >= 11 is 6.06. The lowest BCUT2D eigenvalue weighted by atomic mass is 9.82. The molecule has 2 bridgehead atoms. The summed E-state index contributed by atoms with van der Waals surface area (Å²) in [6.45, 7) is 2.71. The van der Waals surface area contributed by atoms with E-state index in [0.29, 0.717) is 18.1 Å². The van der Waals surface area contributed by atoms with Gasteiger partial charge in [0, 0.05) is 36.9 Å². The van der Waals surface area contributed by atoms with E-state index in [1.807, 2.05) is 41.3 Å². The van der Waals surface area contributed by atoms with E-state index in [2.05, 4.69) is 4.90 Å². The van der Waals surface area contributed by atoms with E-state index in [9.17, 15) is 14.7 Å². The molecule has 1 saturated carbocycles. The highest BCUT2D eigenvalue weighted by atomic mass is 35.5. The molecule has 2 fully saturated rings. The Morgan fingerprint density at radius 1 is 1.04 bits per heavy atom. The smallest absolute Gasteiger partial charge is 0.307 e. The molecule has 1 aromatic rings. The van der Waals surface area contributed by atoms with Crippen LogP contribution in [0, 0.1) is 23.7 Å². The average molecular weight is 361 g/mol. The quantitative estimate of drug-likeness (QED) is 0.841. The molecule has 1 amide bonds. The van der Waals surface area contributed by atoms with Crippen molar-refractivity contribution in [3.05, 3.63) is 41.4 Å². The lowest BCUT2D eigenvalue weighted by Crippen LogP contribution is -2.52. The summed E-state index contributed by atoms with van der Waals surface area (Å²) in [5, 5.41) is 10.2. The minimum Gasteiger partial charge on any atom is -0.481 e. The number of hydrogen-bond donors (Lipinski definition) is 1. The number of carboxylic acids is 1. The maximum Gasteiger partial charge on any atom is 0.307 e. The Morgan fingerprint density at radius 2 is 1.72 bits per heavy atom. The predicted molar refractivity (Wildman–Crippen MR) is 95.6 cm³/mol. The Labute approximate surface area is 151 Å². The summed E-state index contributed by atoms with van der Waals surface area (Å²) in [7, 11) is 0. The number of allylic oxidation sites excluding steroid dienone is 2. The number of carbonyl (C=O) groups is 2. The molecule has 0 radical (unpaired) electrons. The van der Waals surface area contributed by atoms with Crippen LogP contribution in [0.2, 0.25) is 5.02 Å². The molecule has 1 saturated heterocycles. The van der Waals surface area contributed by atoms with Gasteiger partial charge in [-0.25, -0.2) is 0 Å². The van der Waals surface area contributed by atoms with Gasteiger partial charge >= 0.3 is 5.97 Å². The van der Waals surface area contributed by atoms with Crippen LogP contribution in [-0.4, -0.2) is 48.1 Å². The van der Waals surface area contributed by atoms with E-state index in [1.54, 1.807) is 0 Å². The summed E-state index contributed by atoms with van der Waals surface area (Å²) < 4.78 is 0. The average Bonchev–Trinajstić information content (AvgIpc) is 3.22. The van der Waals surface area contributed by atoms with Crippen LogP contribution in [0.1, 0.15) is 6.42 Å². The first-order valence-corrected chi connectivity index (χ1v) is 9.13. The van der Waals surface area contributed by atoms with Crippen molar-refractivity contribution in [1.29, 1.82) is 0 Å². The van der Waals surface area contributed by atoms with Gasteiger partial charge < -0.3 is 14.9 Å². The molecule has 5 nitrogen and oxygen atoms in total. The van der Waals surface area contributed by atoms with Gasteiger partial charge in [0.15, 0.2) is 0 Å². The van der Waals surface area contributed by atoms with Crippen LogP contribution in [0.3, 0.4) is 0 Å². The van der Waals surface area contributed by atoms with Crippen molar-refractivity contribution < 1.29 is 14.7 Å². The van der Waals surface area contributed by atoms with Crippen LogP contribution in [-0.2, 0) is 9.59 Å². The zero-order valence-corrected chi connectivity index (χ0v) is 14.6. The lowest BCUT2D eigenvalue weighted by molar-refractivity contribution is -0.151. The zero-order valence-electron chi connectivity index (χ0n) is 13.8. The number of carboxylic acid groups (broad SMARTS) is 1. The number of fused-ring (bicyclic) bond motifs is 2. The highest BCUT2D eigenvalue weighted by Gasteiger charge is 2.52. The normalized spacial score (nSPS) is 30.8. The highest BCUT2D eigenvalue weighted by Crippen LogP contribution is 2.48. The standard InChI is InChI=1S/C19H21ClN2O3/c20-14-2-1-3-15(11-14)21-6-8-22(9-7-21)18(23)16-12-4-5-13(10-12)17(16)19(24)25/h1-5,11-13,16-17H,6-10H2,(H,24,25)/t12-,13+,16+,17+/m1/s1. The number of rotatable bonds is 3. The molecule has 132 valence electrons. The Bertz CT molecular complexity index is 727. The van der Waals surface area contributed by atoms with Crippen molar-refractivity contribution in [1.82, 2.24) is 4.90 Å². The van der Waals surface area contributed by atoms with Gasteiger partial charge in [0.2, 0.25) is 5.91 Å². The molecule has 1 aliphatic heterocycles. The third kappa shape index (κ3) is 2.91. The largest absolute Gasteiger partial charge is 0.481 e. The summed E-state index contributed by atoms with van der Waals surface area (Å²) in [4.78, 5) is 28.7. The molecular formula is C19H21ClN2O3. The second-order valence-corrected chi connectivity index (χ2v) is 7.57. The van der Waals surface area contributed by atoms with Crippen LogP contribution in [0.25, 0.3) is 0 Å². The van der Waals surface area contributed by atoms with Crippen molar-refractivity contribution in [2.75, 3.05) is 31.1 Å². The molecule has 25 heavy (non-hydrogen) atoms. The predicted octanol–water partition coefficient (Wildman–Crippen LogP) is 2.51. The summed E-state index contributed by atoms with van der Waals surface area (Å²) in [6.07, 6.45) is 4.81. The fraction of sp³-hybridized carbons (Fsp3) is 0.474. The molecule has 6 heteroatoms. The molecule has 0 spiro atoms. The third-order valence-corrected chi connectivity index (χ3v) is 6.03. The Morgan fingerprint density at radius 3 is 2.36 bits per heavy atom.